The number of likely N-dealkylation sites (N-methyl/N-ethyl adjacent to an activating group) is 1. The molecule has 4 aliphatic rings. The van der Waals surface area contributed by atoms with E-state index in [4.69, 9.17) is 4.84 Å². The summed E-state index contributed by atoms with van der Waals surface area (Å²) >= 11 is 0. The van der Waals surface area contributed by atoms with E-state index in [0.29, 0.717) is 35.6 Å². The van der Waals surface area contributed by atoms with Crippen LogP contribution in [0.5, 0.6) is 0 Å². The number of oxime groups is 1. The summed E-state index contributed by atoms with van der Waals surface area (Å²) in [5.74, 6) is 3.01. The van der Waals surface area contributed by atoms with E-state index in [9.17, 15) is 4.79 Å². The summed E-state index contributed by atoms with van der Waals surface area (Å²) in [6.07, 6.45) is 12.5. The first-order valence-electron chi connectivity index (χ1n) is 10.9. The third kappa shape index (κ3) is 3.18. The van der Waals surface area contributed by atoms with Crippen LogP contribution >= 0.6 is 0 Å². The molecule has 4 unspecified atom stereocenters. The monoisotopic (exact) mass is 372 g/mol. The van der Waals surface area contributed by atoms with Crippen LogP contribution in [0.2, 0.25) is 0 Å². The highest BCUT2D eigenvalue weighted by Gasteiger charge is 2.58. The molecule has 0 spiro atoms. The molecule has 0 bridgehead atoms. The Bertz CT molecular complexity index is 655. The minimum atomic E-state index is -0.0454. The number of rotatable bonds is 4. The second-order valence-electron chi connectivity index (χ2n) is 10.2. The molecule has 4 aliphatic carbocycles. The predicted octanol–water partition coefficient (Wildman–Crippen LogP) is 4.31. The lowest BCUT2D eigenvalue weighted by Crippen LogP contribution is -2.51. The zero-order valence-corrected chi connectivity index (χ0v) is 17.5. The van der Waals surface area contributed by atoms with E-state index in [1.54, 1.807) is 0 Å². The Morgan fingerprint density at radius 3 is 2.74 bits per heavy atom. The van der Waals surface area contributed by atoms with Crippen molar-refractivity contribution in [1.29, 1.82) is 0 Å². The molecular weight excluding hydrogens is 336 g/mol. The van der Waals surface area contributed by atoms with Crippen molar-refractivity contribution in [3.8, 4) is 0 Å². The largest absolute Gasteiger partial charge is 0.394 e. The van der Waals surface area contributed by atoms with Crippen molar-refractivity contribution in [2.45, 2.75) is 58.8 Å². The molecule has 0 aromatic carbocycles. The number of hydrogen-bond donors (Lipinski definition) is 0. The quantitative estimate of drug-likeness (QED) is 0.419. The van der Waals surface area contributed by atoms with Crippen LogP contribution < -0.4 is 0 Å². The first-order chi connectivity index (χ1) is 12.8. The van der Waals surface area contributed by atoms with Crippen LogP contribution in [0.25, 0.3) is 0 Å². The average Bonchev–Trinajstić information content (AvgIpc) is 2.94. The fraction of sp³-hybridized carbons (Fsp3) is 0.826. The summed E-state index contributed by atoms with van der Waals surface area (Å²) in [6, 6.07) is 0. The van der Waals surface area contributed by atoms with E-state index in [-0.39, 0.29) is 5.41 Å². The second kappa shape index (κ2) is 7.02. The predicted molar refractivity (Wildman–Crippen MR) is 109 cm³/mol. The van der Waals surface area contributed by atoms with Gasteiger partial charge in [0, 0.05) is 18.4 Å². The molecule has 0 saturated heterocycles. The maximum atomic E-state index is 12.5. The third-order valence-electron chi connectivity index (χ3n) is 8.53. The highest BCUT2D eigenvalue weighted by atomic mass is 16.6. The van der Waals surface area contributed by atoms with Crippen molar-refractivity contribution in [3.63, 3.8) is 0 Å². The van der Waals surface area contributed by atoms with Gasteiger partial charge in [0.25, 0.3) is 0 Å². The summed E-state index contributed by atoms with van der Waals surface area (Å²) in [6.45, 7) is 6.33. The van der Waals surface area contributed by atoms with Crippen LogP contribution in [-0.4, -0.2) is 43.6 Å². The SMILES string of the molecule is CN(C)CCO/N=C1/CC[C@@]2(C)C(C=CC3C2CC[C@]2(C)C(=O)CCC32)C1. The fourth-order valence-electron chi connectivity index (χ4n) is 6.65. The van der Waals surface area contributed by atoms with Crippen LogP contribution in [-0.2, 0) is 9.63 Å². The summed E-state index contributed by atoms with van der Waals surface area (Å²) in [5.41, 5.74) is 1.54. The van der Waals surface area contributed by atoms with Crippen molar-refractivity contribution < 1.29 is 9.63 Å². The topological polar surface area (TPSA) is 41.9 Å². The van der Waals surface area contributed by atoms with Crippen molar-refractivity contribution in [2.75, 3.05) is 27.2 Å². The Balaban J connectivity index is 1.48. The van der Waals surface area contributed by atoms with Gasteiger partial charge >= 0.3 is 0 Å². The highest BCUT2D eigenvalue weighted by molar-refractivity contribution is 5.87. The summed E-state index contributed by atoms with van der Waals surface area (Å²) in [7, 11) is 4.11. The van der Waals surface area contributed by atoms with Crippen LogP contribution in [0.4, 0.5) is 0 Å². The van der Waals surface area contributed by atoms with Gasteiger partial charge in [-0.2, -0.15) is 0 Å². The van der Waals surface area contributed by atoms with Crippen LogP contribution in [0.3, 0.4) is 0 Å². The third-order valence-corrected chi connectivity index (χ3v) is 8.53. The number of allylic oxidation sites excluding steroid dienone is 2. The zero-order chi connectivity index (χ0) is 19.2. The van der Waals surface area contributed by atoms with Crippen molar-refractivity contribution in [2.24, 2.45) is 39.7 Å². The van der Waals surface area contributed by atoms with Gasteiger partial charge in [-0.25, -0.2) is 0 Å². The Morgan fingerprint density at radius 2 is 1.96 bits per heavy atom. The molecule has 6 atom stereocenters. The van der Waals surface area contributed by atoms with Crippen molar-refractivity contribution in [3.05, 3.63) is 12.2 Å². The molecular formula is C23H36N2O2. The number of nitrogens with zero attached hydrogens (tertiary/aromatic N) is 2. The van der Waals surface area contributed by atoms with Crippen LogP contribution in [0.15, 0.2) is 17.3 Å². The first kappa shape index (κ1) is 19.2. The summed E-state index contributed by atoms with van der Waals surface area (Å²) in [4.78, 5) is 20.2. The average molecular weight is 373 g/mol. The molecule has 3 fully saturated rings. The maximum Gasteiger partial charge on any atom is 0.139 e. The van der Waals surface area contributed by atoms with Crippen molar-refractivity contribution >= 4 is 11.5 Å². The van der Waals surface area contributed by atoms with E-state index in [1.807, 2.05) is 0 Å². The van der Waals surface area contributed by atoms with Gasteiger partial charge in [-0.1, -0.05) is 31.2 Å². The molecule has 0 radical (unpaired) electrons. The van der Waals surface area contributed by atoms with Crippen molar-refractivity contribution in [1.82, 2.24) is 4.90 Å². The first-order valence-corrected chi connectivity index (χ1v) is 10.9. The molecule has 3 saturated carbocycles. The molecule has 27 heavy (non-hydrogen) atoms. The van der Waals surface area contributed by atoms with Gasteiger partial charge in [-0.3, -0.25) is 4.79 Å². The molecule has 0 heterocycles. The van der Waals surface area contributed by atoms with Gasteiger partial charge in [0.2, 0.25) is 0 Å². The van der Waals surface area contributed by atoms with E-state index >= 15 is 0 Å². The molecule has 4 heteroatoms. The van der Waals surface area contributed by atoms with E-state index in [1.165, 1.54) is 18.6 Å². The standard InChI is InChI=1S/C23H36N2O2/c1-22-11-9-17(24-27-14-13-25(3)4)15-16(22)5-6-18-19-7-8-21(26)23(19,2)12-10-20(18)22/h5-6,16,18-20H,7-15H2,1-4H3/b24-17-/t16?,18?,19?,20?,22-,23-/m0/s1. The number of carbonyl (C=O) groups is 1. The zero-order valence-electron chi connectivity index (χ0n) is 17.5. The van der Waals surface area contributed by atoms with Gasteiger partial charge < -0.3 is 9.74 Å². The number of hydrogen-bond acceptors (Lipinski definition) is 4. The minimum absolute atomic E-state index is 0.0454. The molecule has 0 aromatic heterocycles. The van der Waals surface area contributed by atoms with Crippen LogP contribution in [0, 0.1) is 34.5 Å². The number of carbonyl (C=O) groups excluding carboxylic acids is 1. The van der Waals surface area contributed by atoms with Crippen LogP contribution in [0.1, 0.15) is 58.8 Å². The number of fused-ring (bicyclic) bond motifs is 5. The lowest BCUT2D eigenvalue weighted by Gasteiger charge is -2.57. The van der Waals surface area contributed by atoms with Gasteiger partial charge in [-0.15, -0.1) is 0 Å². The number of Topliss-reactive ketones (excluding diaryl/α,β-unsaturated/α-hetero) is 1. The summed E-state index contributed by atoms with van der Waals surface area (Å²) in [5, 5.41) is 4.47. The Morgan fingerprint density at radius 1 is 1.15 bits per heavy atom. The lowest BCUT2D eigenvalue weighted by molar-refractivity contribution is -0.131. The van der Waals surface area contributed by atoms with Gasteiger partial charge in [0.15, 0.2) is 0 Å². The van der Waals surface area contributed by atoms with E-state index in [2.05, 4.69) is 50.2 Å². The highest BCUT2D eigenvalue weighted by Crippen LogP contribution is 2.63. The smallest absolute Gasteiger partial charge is 0.139 e. The van der Waals surface area contributed by atoms with Gasteiger partial charge in [-0.05, 0) is 81.7 Å². The van der Waals surface area contributed by atoms with E-state index in [0.717, 1.165) is 44.6 Å². The van der Waals surface area contributed by atoms with E-state index < -0.39 is 0 Å². The normalized spacial score (nSPS) is 44.9. The van der Waals surface area contributed by atoms with Gasteiger partial charge in [0.05, 0.1) is 5.71 Å². The molecule has 0 N–H and O–H groups in total. The second-order valence-corrected chi connectivity index (χ2v) is 10.2. The molecule has 0 aliphatic heterocycles. The molecule has 0 amide bonds. The fourth-order valence-corrected chi connectivity index (χ4v) is 6.65. The lowest BCUT2D eigenvalue weighted by atomic mass is 9.47. The molecule has 4 rings (SSSR count). The Hall–Kier alpha value is -1.16. The maximum absolute atomic E-state index is 12.5. The molecule has 4 nitrogen and oxygen atoms in total. The van der Waals surface area contributed by atoms with Gasteiger partial charge in [0.1, 0.15) is 12.4 Å². The summed E-state index contributed by atoms with van der Waals surface area (Å²) < 4.78 is 0. The Kier molecular flexibility index (Phi) is 4.99. The Labute approximate surface area is 164 Å². The number of ketones is 1. The molecule has 150 valence electrons. The molecule has 0 aromatic rings. The minimum Gasteiger partial charge on any atom is -0.394 e.